The molecule has 0 bridgehead atoms. The van der Waals surface area contributed by atoms with E-state index in [0.717, 1.165) is 11.4 Å². The molecule has 0 unspecified atom stereocenters. The Balaban J connectivity index is 1.98. The van der Waals surface area contributed by atoms with Crippen LogP contribution in [-0.4, -0.2) is 5.84 Å². The number of rotatable bonds is 2. The lowest BCUT2D eigenvalue weighted by Crippen LogP contribution is -2.44. The summed E-state index contributed by atoms with van der Waals surface area (Å²) >= 11 is 11.8. The maximum Gasteiger partial charge on any atom is 0.247 e. The Labute approximate surface area is 131 Å². The number of hydrogen-bond acceptors (Lipinski definition) is 5. The lowest BCUT2D eigenvalue weighted by Gasteiger charge is -2.27. The summed E-state index contributed by atoms with van der Waals surface area (Å²) in [4.78, 5) is 0. The van der Waals surface area contributed by atoms with Crippen molar-refractivity contribution in [3.8, 4) is 6.07 Å². The molecule has 7 heteroatoms. The molecule has 0 aromatic heterocycles. The van der Waals surface area contributed by atoms with Gasteiger partial charge in [0.1, 0.15) is 6.07 Å². The number of hydrazone groups is 1. The number of hydrazine groups is 2. The Morgan fingerprint density at radius 3 is 1.95 bits per heavy atom. The van der Waals surface area contributed by atoms with Crippen molar-refractivity contribution in [2.24, 2.45) is 5.10 Å². The largest absolute Gasteiger partial charge is 0.250 e. The Bertz CT molecular complexity index is 719. The third kappa shape index (κ3) is 2.72. The average molecular weight is 318 g/mol. The Hall–Kier alpha value is -2.42. The molecule has 0 atom stereocenters. The minimum absolute atomic E-state index is 0.194. The van der Waals surface area contributed by atoms with Gasteiger partial charge in [0.25, 0.3) is 0 Å². The zero-order valence-corrected chi connectivity index (χ0v) is 12.2. The number of nitrogens with zero attached hydrogens (tertiary/aromatic N) is 4. The fourth-order valence-corrected chi connectivity index (χ4v) is 2.11. The molecule has 0 fully saturated rings. The molecule has 0 saturated heterocycles. The number of anilines is 2. The molecule has 1 aliphatic rings. The molecule has 21 heavy (non-hydrogen) atoms. The van der Waals surface area contributed by atoms with Crippen molar-refractivity contribution in [3.05, 3.63) is 58.6 Å². The summed E-state index contributed by atoms with van der Waals surface area (Å²) in [6, 6.07) is 16.3. The van der Waals surface area contributed by atoms with Crippen molar-refractivity contribution < 1.29 is 0 Å². The second kappa shape index (κ2) is 5.52. The molecule has 0 aliphatic carbocycles. The summed E-state index contributed by atoms with van der Waals surface area (Å²) in [6.45, 7) is 0. The van der Waals surface area contributed by atoms with Gasteiger partial charge in [-0.1, -0.05) is 23.2 Å². The minimum Gasteiger partial charge on any atom is -0.250 e. The van der Waals surface area contributed by atoms with Crippen molar-refractivity contribution in [2.45, 2.75) is 0 Å². The van der Waals surface area contributed by atoms with E-state index in [1.807, 2.05) is 30.3 Å². The van der Waals surface area contributed by atoms with Crippen LogP contribution in [0.15, 0.2) is 53.6 Å². The normalized spacial score (nSPS) is 13.7. The fraction of sp³-hybridized carbons (Fsp3) is 0. The van der Waals surface area contributed by atoms with Crippen LogP contribution in [-0.2, 0) is 0 Å². The lowest BCUT2D eigenvalue weighted by atomic mass is 10.3. The predicted octanol–water partition coefficient (Wildman–Crippen LogP) is 3.58. The smallest absolute Gasteiger partial charge is 0.247 e. The first-order valence-corrected chi connectivity index (χ1v) is 6.79. The fourth-order valence-electron chi connectivity index (χ4n) is 1.86. The lowest BCUT2D eigenvalue weighted by molar-refractivity contribution is 0.771. The Kier molecular flexibility index (Phi) is 3.57. The van der Waals surface area contributed by atoms with Crippen molar-refractivity contribution in [2.75, 3.05) is 10.2 Å². The van der Waals surface area contributed by atoms with Gasteiger partial charge < -0.3 is 0 Å². The van der Waals surface area contributed by atoms with Crippen LogP contribution in [0.3, 0.4) is 0 Å². The average Bonchev–Trinajstić information content (AvgIpc) is 2.93. The van der Waals surface area contributed by atoms with Crippen LogP contribution in [0, 0.1) is 11.3 Å². The van der Waals surface area contributed by atoms with E-state index >= 15 is 0 Å². The molecule has 2 aromatic rings. The first kappa shape index (κ1) is 13.6. The van der Waals surface area contributed by atoms with Crippen LogP contribution in [0.25, 0.3) is 0 Å². The van der Waals surface area contributed by atoms with Crippen molar-refractivity contribution >= 4 is 40.4 Å². The highest BCUT2D eigenvalue weighted by Crippen LogP contribution is 2.26. The van der Waals surface area contributed by atoms with E-state index in [2.05, 4.69) is 10.5 Å². The van der Waals surface area contributed by atoms with Gasteiger partial charge in [-0.15, -0.1) is 5.10 Å². The van der Waals surface area contributed by atoms with Gasteiger partial charge in [0.2, 0.25) is 5.84 Å². The molecule has 0 saturated carbocycles. The summed E-state index contributed by atoms with van der Waals surface area (Å²) in [6.07, 6.45) is 0. The highest BCUT2D eigenvalue weighted by molar-refractivity contribution is 6.30. The molecule has 1 heterocycles. The summed E-state index contributed by atoms with van der Waals surface area (Å²) in [7, 11) is 0. The van der Waals surface area contributed by atoms with Gasteiger partial charge in [-0.25, -0.2) is 0 Å². The second-order valence-electron chi connectivity index (χ2n) is 4.23. The molecule has 5 nitrogen and oxygen atoms in total. The zero-order valence-electron chi connectivity index (χ0n) is 10.7. The van der Waals surface area contributed by atoms with Gasteiger partial charge in [0.15, 0.2) is 0 Å². The topological polar surface area (TPSA) is 54.7 Å². The number of hydrogen-bond donors (Lipinski definition) is 1. The van der Waals surface area contributed by atoms with E-state index in [-0.39, 0.29) is 5.84 Å². The van der Waals surface area contributed by atoms with Gasteiger partial charge in [-0.3, -0.25) is 5.43 Å². The monoisotopic (exact) mass is 317 g/mol. The molecule has 0 radical (unpaired) electrons. The van der Waals surface area contributed by atoms with E-state index in [4.69, 9.17) is 28.5 Å². The summed E-state index contributed by atoms with van der Waals surface area (Å²) < 4.78 is 0. The third-order valence-corrected chi connectivity index (χ3v) is 3.33. The van der Waals surface area contributed by atoms with E-state index in [9.17, 15) is 0 Å². The SMILES string of the molecule is N#CC1=NN(c2ccc(Cl)cc2)N(c2ccc(Cl)cc2)N1. The minimum atomic E-state index is 0.194. The molecule has 2 aromatic carbocycles. The molecule has 1 aliphatic heterocycles. The maximum atomic E-state index is 9.04. The first-order chi connectivity index (χ1) is 10.2. The number of halogens is 2. The molecular formula is C14H9Cl2N5. The quantitative estimate of drug-likeness (QED) is 0.919. The van der Waals surface area contributed by atoms with Crippen LogP contribution in [0.5, 0.6) is 0 Å². The van der Waals surface area contributed by atoms with Gasteiger partial charge >= 0.3 is 0 Å². The van der Waals surface area contributed by atoms with Gasteiger partial charge in [0, 0.05) is 10.0 Å². The number of benzene rings is 2. The first-order valence-electron chi connectivity index (χ1n) is 6.04. The highest BCUT2D eigenvalue weighted by atomic mass is 35.5. The van der Waals surface area contributed by atoms with E-state index in [1.165, 1.54) is 0 Å². The van der Waals surface area contributed by atoms with Crippen molar-refractivity contribution in [3.63, 3.8) is 0 Å². The molecule has 1 N–H and O–H groups in total. The molecule has 3 rings (SSSR count). The van der Waals surface area contributed by atoms with Crippen molar-refractivity contribution in [1.82, 2.24) is 5.43 Å². The van der Waals surface area contributed by atoms with Crippen LogP contribution in [0.1, 0.15) is 0 Å². The van der Waals surface area contributed by atoms with Crippen LogP contribution in [0.4, 0.5) is 11.4 Å². The van der Waals surface area contributed by atoms with E-state index < -0.39 is 0 Å². The number of amidine groups is 1. The Morgan fingerprint density at radius 1 is 0.905 bits per heavy atom. The van der Waals surface area contributed by atoms with Crippen LogP contribution < -0.4 is 15.7 Å². The molecule has 0 amide bonds. The zero-order chi connectivity index (χ0) is 14.8. The standard InChI is InChI=1S/C14H9Cl2N5/c15-10-1-5-12(6-2-10)20-18-14(9-17)19-21(20)13-7-3-11(16)4-8-13/h1-8H,(H,18,19). The van der Waals surface area contributed by atoms with Crippen molar-refractivity contribution in [1.29, 1.82) is 5.26 Å². The predicted molar refractivity (Wildman–Crippen MR) is 84.0 cm³/mol. The third-order valence-electron chi connectivity index (χ3n) is 2.83. The van der Waals surface area contributed by atoms with E-state index in [0.29, 0.717) is 10.0 Å². The second-order valence-corrected chi connectivity index (χ2v) is 5.10. The number of nitrogens with one attached hydrogen (secondary N) is 1. The van der Waals surface area contributed by atoms with Gasteiger partial charge in [-0.2, -0.15) is 15.5 Å². The van der Waals surface area contributed by atoms with E-state index in [1.54, 1.807) is 34.5 Å². The molecular weight excluding hydrogens is 309 g/mol. The summed E-state index contributed by atoms with van der Waals surface area (Å²) in [5.74, 6) is 0.194. The molecule has 0 spiro atoms. The maximum absolute atomic E-state index is 9.04. The highest BCUT2D eigenvalue weighted by Gasteiger charge is 2.25. The molecule has 104 valence electrons. The van der Waals surface area contributed by atoms with Gasteiger partial charge in [-0.05, 0) is 48.5 Å². The summed E-state index contributed by atoms with van der Waals surface area (Å²) in [5, 5.41) is 17.8. The number of nitriles is 1. The van der Waals surface area contributed by atoms with Gasteiger partial charge in [0.05, 0.1) is 11.4 Å². The summed E-state index contributed by atoms with van der Waals surface area (Å²) in [5.41, 5.74) is 4.48. The Morgan fingerprint density at radius 2 is 1.43 bits per heavy atom. The van der Waals surface area contributed by atoms with Crippen LogP contribution >= 0.6 is 23.2 Å². The van der Waals surface area contributed by atoms with Crippen LogP contribution in [0.2, 0.25) is 10.0 Å².